The fraction of sp³-hybridized carbons (Fsp3) is 0.763. The summed E-state index contributed by atoms with van der Waals surface area (Å²) in [6.45, 7) is 7.66. The molecule has 0 aliphatic carbocycles. The van der Waals surface area contributed by atoms with Gasteiger partial charge in [-0.2, -0.15) is 0 Å². The van der Waals surface area contributed by atoms with Crippen LogP contribution in [0.3, 0.4) is 0 Å². The van der Waals surface area contributed by atoms with E-state index in [1.807, 2.05) is 0 Å². The topological polar surface area (TPSA) is 61.8 Å². The molecule has 0 rings (SSSR count). The van der Waals surface area contributed by atoms with Crippen molar-refractivity contribution in [3.63, 3.8) is 0 Å². The Balaban J connectivity index is 4.29. The van der Waals surface area contributed by atoms with Crippen LogP contribution in [0.25, 0.3) is 0 Å². The molecule has 0 saturated heterocycles. The van der Waals surface area contributed by atoms with Crippen LogP contribution in [-0.4, -0.2) is 37.9 Å². The number of carbonyl (C=O) groups is 2. The van der Waals surface area contributed by atoms with Gasteiger partial charge in [-0.1, -0.05) is 216 Å². The Kier molecular flexibility index (Phi) is 52.4. The molecule has 5 heteroatoms. The second kappa shape index (κ2) is 54.7. The van der Waals surface area contributed by atoms with E-state index in [1.54, 1.807) is 0 Å². The minimum atomic E-state index is -0.558. The van der Waals surface area contributed by atoms with E-state index in [0.717, 1.165) is 83.5 Å². The van der Waals surface area contributed by atoms with Gasteiger partial charge in [0.05, 0.1) is 6.61 Å². The van der Waals surface area contributed by atoms with Gasteiger partial charge in [0.25, 0.3) is 0 Å². The molecule has 0 aliphatic rings. The fourth-order valence-corrected chi connectivity index (χ4v) is 7.61. The van der Waals surface area contributed by atoms with E-state index in [1.165, 1.54) is 148 Å². The molecule has 0 bridgehead atoms. The molecule has 0 fully saturated rings. The first-order valence-corrected chi connectivity index (χ1v) is 27.5. The Bertz CT molecular complexity index is 1150. The van der Waals surface area contributed by atoms with Crippen LogP contribution in [0.1, 0.15) is 265 Å². The van der Waals surface area contributed by atoms with Crippen molar-refractivity contribution in [3.8, 4) is 0 Å². The van der Waals surface area contributed by atoms with Gasteiger partial charge in [0.1, 0.15) is 6.61 Å². The molecule has 0 aromatic carbocycles. The normalized spacial score (nSPS) is 12.7. The summed E-state index contributed by atoms with van der Waals surface area (Å²) in [7, 11) is 0. The summed E-state index contributed by atoms with van der Waals surface area (Å²) in [6, 6.07) is 0. The van der Waals surface area contributed by atoms with Crippen LogP contribution in [0, 0.1) is 0 Å². The molecule has 0 spiro atoms. The predicted molar refractivity (Wildman–Crippen MR) is 279 cm³/mol. The molecule has 0 aliphatic heterocycles. The van der Waals surface area contributed by atoms with E-state index in [4.69, 9.17) is 14.2 Å². The van der Waals surface area contributed by atoms with Crippen molar-refractivity contribution in [2.24, 2.45) is 0 Å². The standard InChI is InChI=1S/C59H104O5/c1-4-7-10-13-16-19-22-25-27-29-31-33-36-39-42-45-48-51-54-62-55-57(64-59(61)53-50-47-44-41-38-34-24-21-18-15-12-9-6-3)56-63-58(60)52-49-46-43-40-37-35-32-30-28-26-23-20-17-14-11-8-5-2/h9,12,16,18-19,21,25-28,34,38,57H,4-8,10-11,13-15,17,20,22-24,29-33,35-37,39-56H2,1-3H3/b12-9-,19-16-,21-18-,27-25-,28-26-,38-34-. The molecule has 0 saturated carbocycles. The highest BCUT2D eigenvalue weighted by Gasteiger charge is 2.17. The van der Waals surface area contributed by atoms with Gasteiger partial charge < -0.3 is 14.2 Å². The number of rotatable bonds is 50. The van der Waals surface area contributed by atoms with Crippen LogP contribution in [0.4, 0.5) is 0 Å². The van der Waals surface area contributed by atoms with Crippen LogP contribution in [0.2, 0.25) is 0 Å². The zero-order valence-electron chi connectivity index (χ0n) is 42.5. The summed E-state index contributed by atoms with van der Waals surface area (Å²) < 4.78 is 17.4. The van der Waals surface area contributed by atoms with Crippen LogP contribution < -0.4 is 0 Å². The van der Waals surface area contributed by atoms with E-state index < -0.39 is 6.10 Å². The molecule has 5 nitrogen and oxygen atoms in total. The first kappa shape index (κ1) is 61.3. The third-order valence-electron chi connectivity index (χ3n) is 11.7. The zero-order chi connectivity index (χ0) is 46.3. The second-order valence-corrected chi connectivity index (χ2v) is 18.1. The lowest BCUT2D eigenvalue weighted by Gasteiger charge is -2.18. The Morgan fingerprint density at radius 3 is 1.19 bits per heavy atom. The summed E-state index contributed by atoms with van der Waals surface area (Å²) in [4.78, 5) is 25.4. The molecule has 370 valence electrons. The predicted octanol–water partition coefficient (Wildman–Crippen LogP) is 18.7. The summed E-state index contributed by atoms with van der Waals surface area (Å²) in [5.41, 5.74) is 0. The van der Waals surface area contributed by atoms with Gasteiger partial charge in [-0.05, 0) is 109 Å². The van der Waals surface area contributed by atoms with Gasteiger partial charge in [-0.3, -0.25) is 9.59 Å². The lowest BCUT2D eigenvalue weighted by molar-refractivity contribution is -0.163. The van der Waals surface area contributed by atoms with E-state index in [9.17, 15) is 9.59 Å². The number of esters is 2. The van der Waals surface area contributed by atoms with E-state index in [-0.39, 0.29) is 25.2 Å². The van der Waals surface area contributed by atoms with Crippen molar-refractivity contribution in [1.29, 1.82) is 0 Å². The lowest BCUT2D eigenvalue weighted by atomic mass is 10.1. The second-order valence-electron chi connectivity index (χ2n) is 18.1. The quantitative estimate of drug-likeness (QED) is 0.0346. The van der Waals surface area contributed by atoms with Gasteiger partial charge in [0, 0.05) is 19.4 Å². The highest BCUT2D eigenvalue weighted by Crippen LogP contribution is 2.14. The van der Waals surface area contributed by atoms with Gasteiger partial charge in [0.2, 0.25) is 0 Å². The molecular weight excluding hydrogens is 789 g/mol. The SMILES string of the molecule is CC/C=C\C/C=C\C/C=C\CCCCCC(=O)OC(COCCCCCCCCCC/C=C\C/C=C\CCCCC)COC(=O)CCCCCCCCC/C=C\CCCCCCCC. The maximum atomic E-state index is 12.8. The Morgan fingerprint density at radius 1 is 0.359 bits per heavy atom. The van der Waals surface area contributed by atoms with Crippen molar-refractivity contribution in [3.05, 3.63) is 72.9 Å². The van der Waals surface area contributed by atoms with Crippen molar-refractivity contribution in [2.45, 2.75) is 271 Å². The number of ether oxygens (including phenoxy) is 3. The number of allylic oxidation sites excluding steroid dienone is 12. The minimum Gasteiger partial charge on any atom is -0.462 e. The van der Waals surface area contributed by atoms with Crippen molar-refractivity contribution >= 4 is 11.9 Å². The third kappa shape index (κ3) is 52.0. The Morgan fingerprint density at radius 2 is 0.703 bits per heavy atom. The van der Waals surface area contributed by atoms with Gasteiger partial charge >= 0.3 is 11.9 Å². The largest absolute Gasteiger partial charge is 0.462 e. The Hall–Kier alpha value is -2.66. The maximum Gasteiger partial charge on any atom is 0.306 e. The van der Waals surface area contributed by atoms with E-state index >= 15 is 0 Å². The van der Waals surface area contributed by atoms with Crippen LogP contribution >= 0.6 is 0 Å². The number of carbonyl (C=O) groups excluding carboxylic acids is 2. The molecule has 1 atom stereocenters. The third-order valence-corrected chi connectivity index (χ3v) is 11.7. The number of hydrogen-bond donors (Lipinski definition) is 0. The molecule has 0 aromatic heterocycles. The number of hydrogen-bond acceptors (Lipinski definition) is 5. The van der Waals surface area contributed by atoms with Gasteiger partial charge in [-0.25, -0.2) is 0 Å². The minimum absolute atomic E-state index is 0.0675. The molecule has 1 unspecified atom stereocenters. The van der Waals surface area contributed by atoms with E-state index in [0.29, 0.717) is 19.4 Å². The van der Waals surface area contributed by atoms with Crippen molar-refractivity contribution in [1.82, 2.24) is 0 Å². The summed E-state index contributed by atoms with van der Waals surface area (Å²) in [5.74, 6) is -0.434. The molecule has 0 N–H and O–H groups in total. The molecule has 64 heavy (non-hydrogen) atoms. The van der Waals surface area contributed by atoms with Gasteiger partial charge in [0.15, 0.2) is 6.10 Å². The molecule has 0 heterocycles. The smallest absolute Gasteiger partial charge is 0.306 e. The maximum absolute atomic E-state index is 12.8. The lowest BCUT2D eigenvalue weighted by Crippen LogP contribution is -2.30. The van der Waals surface area contributed by atoms with Crippen LogP contribution in [0.15, 0.2) is 72.9 Å². The van der Waals surface area contributed by atoms with Crippen molar-refractivity contribution < 1.29 is 23.8 Å². The zero-order valence-corrected chi connectivity index (χ0v) is 42.5. The average molecular weight is 893 g/mol. The molecule has 0 aromatic rings. The van der Waals surface area contributed by atoms with Crippen LogP contribution in [0.5, 0.6) is 0 Å². The first-order valence-electron chi connectivity index (χ1n) is 27.5. The monoisotopic (exact) mass is 893 g/mol. The summed E-state index contributed by atoms with van der Waals surface area (Å²) in [6.07, 6.45) is 70.6. The van der Waals surface area contributed by atoms with Crippen molar-refractivity contribution in [2.75, 3.05) is 19.8 Å². The first-order chi connectivity index (χ1) is 31.6. The molecule has 0 radical (unpaired) electrons. The Labute approximate surface area is 397 Å². The average Bonchev–Trinajstić information content (AvgIpc) is 3.30. The highest BCUT2D eigenvalue weighted by atomic mass is 16.6. The van der Waals surface area contributed by atoms with Gasteiger partial charge in [-0.15, -0.1) is 0 Å². The highest BCUT2D eigenvalue weighted by molar-refractivity contribution is 5.70. The molecular formula is C59H104O5. The van der Waals surface area contributed by atoms with Crippen LogP contribution in [-0.2, 0) is 23.8 Å². The summed E-state index contributed by atoms with van der Waals surface area (Å²) in [5, 5.41) is 0. The van der Waals surface area contributed by atoms with E-state index in [2.05, 4.69) is 93.7 Å². The number of unbranched alkanes of at least 4 members (excludes halogenated alkanes) is 27. The fourth-order valence-electron chi connectivity index (χ4n) is 7.61. The summed E-state index contributed by atoms with van der Waals surface area (Å²) >= 11 is 0. The molecule has 0 amide bonds.